The number of rotatable bonds is 7. The lowest BCUT2D eigenvalue weighted by Crippen LogP contribution is -2.07. The molecule has 6 nitrogen and oxygen atoms in total. The van der Waals surface area contributed by atoms with Crippen molar-refractivity contribution < 1.29 is 14.4 Å². The summed E-state index contributed by atoms with van der Waals surface area (Å²) in [5.74, 6) is 0.391. The first-order chi connectivity index (χ1) is 9.63. The Balaban J connectivity index is 2.19. The van der Waals surface area contributed by atoms with E-state index in [1.807, 2.05) is 7.05 Å². The lowest BCUT2D eigenvalue weighted by Gasteiger charge is -1.99. The number of fused-ring (bicyclic) bond motifs is 1. The quantitative estimate of drug-likeness (QED) is 0.462. The monoisotopic (exact) mass is 278 g/mol. The van der Waals surface area contributed by atoms with Crippen molar-refractivity contribution in [2.75, 3.05) is 13.6 Å². The third kappa shape index (κ3) is 3.08. The second-order valence-corrected chi connectivity index (χ2v) is 4.73. The van der Waals surface area contributed by atoms with Gasteiger partial charge in [0, 0.05) is 6.42 Å². The van der Waals surface area contributed by atoms with Crippen molar-refractivity contribution in [3.63, 3.8) is 0 Å². The topological polar surface area (TPSA) is 88.5 Å². The van der Waals surface area contributed by atoms with Gasteiger partial charge in [-0.3, -0.25) is 10.1 Å². The molecule has 6 heteroatoms. The maximum Gasteiger partial charge on any atom is 0.318 e. The number of aryl methyl sites for hydroxylation is 1. The molecule has 0 bridgehead atoms. The smallest absolute Gasteiger partial charge is 0.318 e. The van der Waals surface area contributed by atoms with Crippen molar-refractivity contribution in [1.82, 2.24) is 5.32 Å². The molecule has 0 radical (unpaired) electrons. The first kappa shape index (κ1) is 14.3. The minimum atomic E-state index is -0.436. The van der Waals surface area contributed by atoms with Crippen molar-refractivity contribution in [2.24, 2.45) is 0 Å². The molecule has 0 unspecified atom stereocenters. The number of phenolic OH excluding ortho intramolecular Hbond substituents is 1. The average Bonchev–Trinajstić information content (AvgIpc) is 2.76. The summed E-state index contributed by atoms with van der Waals surface area (Å²) in [5, 5.41) is 24.1. The van der Waals surface area contributed by atoms with E-state index in [0.717, 1.165) is 25.8 Å². The summed E-state index contributed by atoms with van der Waals surface area (Å²) >= 11 is 0. The summed E-state index contributed by atoms with van der Waals surface area (Å²) in [6.07, 6.45) is 3.40. The lowest BCUT2D eigenvalue weighted by atomic mass is 10.1. The summed E-state index contributed by atoms with van der Waals surface area (Å²) in [6, 6.07) is 4.40. The van der Waals surface area contributed by atoms with E-state index in [1.165, 1.54) is 12.1 Å². The molecule has 108 valence electrons. The van der Waals surface area contributed by atoms with Crippen LogP contribution in [-0.4, -0.2) is 23.6 Å². The van der Waals surface area contributed by atoms with Gasteiger partial charge < -0.3 is 14.8 Å². The predicted octanol–water partition coefficient (Wildman–Crippen LogP) is 2.98. The van der Waals surface area contributed by atoms with E-state index >= 15 is 0 Å². The van der Waals surface area contributed by atoms with E-state index in [4.69, 9.17) is 4.42 Å². The number of phenols is 1. The molecule has 0 aliphatic carbocycles. The summed E-state index contributed by atoms with van der Waals surface area (Å²) in [5.41, 5.74) is 0.421. The number of benzene rings is 1. The third-order valence-electron chi connectivity index (χ3n) is 3.23. The van der Waals surface area contributed by atoms with Crippen LogP contribution in [0.15, 0.2) is 22.6 Å². The highest BCUT2D eigenvalue weighted by atomic mass is 16.6. The summed E-state index contributed by atoms with van der Waals surface area (Å²) in [6.45, 7) is 0.941. The number of nitrogens with one attached hydrogen (secondary N) is 1. The third-order valence-corrected chi connectivity index (χ3v) is 3.23. The highest BCUT2D eigenvalue weighted by Gasteiger charge is 2.24. The Hall–Kier alpha value is -2.08. The fraction of sp³-hybridized carbons (Fsp3) is 0.429. The van der Waals surface area contributed by atoms with Crippen LogP contribution in [0.4, 0.5) is 5.69 Å². The van der Waals surface area contributed by atoms with Gasteiger partial charge in [-0.25, -0.2) is 0 Å². The number of hydrogen-bond donors (Lipinski definition) is 2. The molecule has 0 saturated heterocycles. The highest BCUT2D eigenvalue weighted by Crippen LogP contribution is 2.35. The molecule has 1 heterocycles. The molecule has 2 N–H and O–H groups in total. The van der Waals surface area contributed by atoms with Crippen molar-refractivity contribution in [3.05, 3.63) is 34.1 Å². The largest absolute Gasteiger partial charge is 0.508 e. The van der Waals surface area contributed by atoms with Crippen molar-refractivity contribution >= 4 is 16.7 Å². The Morgan fingerprint density at radius 1 is 1.35 bits per heavy atom. The molecule has 0 aliphatic heterocycles. The molecular weight excluding hydrogens is 260 g/mol. The zero-order chi connectivity index (χ0) is 14.5. The van der Waals surface area contributed by atoms with Crippen LogP contribution in [0, 0.1) is 10.1 Å². The van der Waals surface area contributed by atoms with E-state index in [-0.39, 0.29) is 11.4 Å². The van der Waals surface area contributed by atoms with Gasteiger partial charge in [-0.2, -0.15) is 0 Å². The Kier molecular flexibility index (Phi) is 4.57. The van der Waals surface area contributed by atoms with Crippen LogP contribution < -0.4 is 5.32 Å². The SMILES string of the molecule is CNCCCCCc1oc2ccc(O)cc2c1[N+](=O)[O-]. The molecule has 20 heavy (non-hydrogen) atoms. The van der Waals surface area contributed by atoms with Gasteiger partial charge in [-0.05, 0) is 44.6 Å². The molecular formula is C14H18N2O4. The summed E-state index contributed by atoms with van der Waals surface area (Å²) in [7, 11) is 1.90. The Morgan fingerprint density at radius 3 is 2.85 bits per heavy atom. The van der Waals surface area contributed by atoms with Gasteiger partial charge in [0.1, 0.15) is 16.7 Å². The van der Waals surface area contributed by atoms with Crippen LogP contribution in [0.2, 0.25) is 0 Å². The standard InChI is InChI=1S/C14H18N2O4/c1-15-8-4-2-3-5-13-14(16(18)19)11-9-10(17)6-7-12(11)20-13/h6-7,9,15,17H,2-5,8H2,1H3. The fourth-order valence-corrected chi connectivity index (χ4v) is 2.26. The average molecular weight is 278 g/mol. The second kappa shape index (κ2) is 6.38. The fourth-order valence-electron chi connectivity index (χ4n) is 2.26. The van der Waals surface area contributed by atoms with Gasteiger partial charge in [0.25, 0.3) is 0 Å². The number of nitrogens with zero attached hydrogens (tertiary/aromatic N) is 1. The summed E-state index contributed by atoms with van der Waals surface area (Å²) < 4.78 is 5.55. The van der Waals surface area contributed by atoms with E-state index < -0.39 is 4.92 Å². The highest BCUT2D eigenvalue weighted by molar-refractivity contribution is 5.89. The lowest BCUT2D eigenvalue weighted by molar-refractivity contribution is -0.384. The summed E-state index contributed by atoms with van der Waals surface area (Å²) in [4.78, 5) is 10.8. The van der Waals surface area contributed by atoms with E-state index in [9.17, 15) is 15.2 Å². The van der Waals surface area contributed by atoms with Crippen molar-refractivity contribution in [3.8, 4) is 5.75 Å². The van der Waals surface area contributed by atoms with Gasteiger partial charge in [0.05, 0.1) is 4.92 Å². The zero-order valence-electron chi connectivity index (χ0n) is 11.4. The first-order valence-electron chi connectivity index (χ1n) is 6.67. The molecule has 1 aromatic heterocycles. The molecule has 2 aromatic rings. The van der Waals surface area contributed by atoms with Crippen LogP contribution in [0.1, 0.15) is 25.0 Å². The van der Waals surface area contributed by atoms with Gasteiger partial charge in [0.15, 0.2) is 5.76 Å². The van der Waals surface area contributed by atoms with Crippen LogP contribution in [0.5, 0.6) is 5.75 Å². The molecule has 0 amide bonds. The Labute approximate surface area is 116 Å². The number of furan rings is 1. The maximum absolute atomic E-state index is 11.2. The van der Waals surface area contributed by atoms with Crippen LogP contribution in [0.25, 0.3) is 11.0 Å². The molecule has 2 rings (SSSR count). The number of unbranched alkanes of at least 4 members (excludes halogenated alkanes) is 2. The van der Waals surface area contributed by atoms with E-state index in [1.54, 1.807) is 6.07 Å². The number of nitro groups is 1. The number of aromatic hydroxyl groups is 1. The number of hydrogen-bond acceptors (Lipinski definition) is 5. The van der Waals surface area contributed by atoms with Crippen LogP contribution in [-0.2, 0) is 6.42 Å². The van der Waals surface area contributed by atoms with Gasteiger partial charge in [0.2, 0.25) is 0 Å². The second-order valence-electron chi connectivity index (χ2n) is 4.73. The maximum atomic E-state index is 11.2. The van der Waals surface area contributed by atoms with Crippen molar-refractivity contribution in [2.45, 2.75) is 25.7 Å². The molecule has 0 saturated carbocycles. The predicted molar refractivity (Wildman–Crippen MR) is 76.0 cm³/mol. The normalized spacial score (nSPS) is 11.1. The molecule has 1 aromatic carbocycles. The Bertz CT molecular complexity index is 606. The minimum absolute atomic E-state index is 0.00182. The molecule has 0 fully saturated rings. The van der Waals surface area contributed by atoms with E-state index in [2.05, 4.69) is 5.32 Å². The molecule has 0 atom stereocenters. The van der Waals surface area contributed by atoms with Gasteiger partial charge in [-0.15, -0.1) is 0 Å². The van der Waals surface area contributed by atoms with Gasteiger partial charge >= 0.3 is 5.69 Å². The van der Waals surface area contributed by atoms with Gasteiger partial charge in [-0.1, -0.05) is 6.42 Å². The molecule has 0 spiro atoms. The first-order valence-corrected chi connectivity index (χ1v) is 6.67. The Morgan fingerprint density at radius 2 is 2.15 bits per heavy atom. The van der Waals surface area contributed by atoms with E-state index in [0.29, 0.717) is 23.2 Å². The minimum Gasteiger partial charge on any atom is -0.508 e. The zero-order valence-corrected chi connectivity index (χ0v) is 11.4. The van der Waals surface area contributed by atoms with Crippen LogP contribution >= 0.6 is 0 Å². The van der Waals surface area contributed by atoms with Crippen LogP contribution in [0.3, 0.4) is 0 Å². The van der Waals surface area contributed by atoms with Crippen molar-refractivity contribution in [1.29, 1.82) is 0 Å². The molecule has 0 aliphatic rings.